The summed E-state index contributed by atoms with van der Waals surface area (Å²) in [5, 5.41) is 3.22. The molecule has 0 saturated heterocycles. The third-order valence-electron chi connectivity index (χ3n) is 5.24. The molecule has 2 amide bonds. The van der Waals surface area contributed by atoms with Crippen LogP contribution < -0.4 is 10.2 Å². The summed E-state index contributed by atoms with van der Waals surface area (Å²) in [7, 11) is 0. The standard InChI is InChI=1S/C23H22FN3O2S/c1-4-20(28)27-13(2)10-17-11-15(8-9-19(17)27)21-14(3)30-23(25-21)26-22(29)16-6-5-7-18(24)12-16/h5-9,11-13H,4,10H2,1-3H3,(H,25,26,29)/t13-/m1/s1. The molecule has 0 spiro atoms. The summed E-state index contributed by atoms with van der Waals surface area (Å²) in [6, 6.07) is 11.7. The van der Waals surface area contributed by atoms with E-state index in [-0.39, 0.29) is 17.5 Å². The number of rotatable bonds is 4. The van der Waals surface area contributed by atoms with E-state index < -0.39 is 11.7 Å². The summed E-state index contributed by atoms with van der Waals surface area (Å²) in [6.45, 7) is 5.88. The SMILES string of the molecule is CCC(=O)N1c2ccc(-c3nc(NC(=O)c4cccc(F)c4)sc3C)cc2C[C@H]1C. The molecule has 0 saturated carbocycles. The molecule has 2 aromatic carbocycles. The fraction of sp³-hybridized carbons (Fsp3) is 0.261. The number of carbonyl (C=O) groups is 2. The van der Waals surface area contributed by atoms with Crippen molar-refractivity contribution >= 4 is 34.0 Å². The molecule has 7 heteroatoms. The zero-order valence-electron chi connectivity index (χ0n) is 17.0. The second-order valence-electron chi connectivity index (χ2n) is 7.40. The molecule has 1 atom stereocenters. The molecule has 4 rings (SSSR count). The van der Waals surface area contributed by atoms with Crippen molar-refractivity contribution in [3.8, 4) is 11.3 Å². The fourth-order valence-corrected chi connectivity index (χ4v) is 4.68. The van der Waals surface area contributed by atoms with Crippen LogP contribution in [-0.2, 0) is 11.2 Å². The molecule has 2 heterocycles. The summed E-state index contributed by atoms with van der Waals surface area (Å²) < 4.78 is 13.4. The quantitative estimate of drug-likeness (QED) is 0.628. The molecule has 30 heavy (non-hydrogen) atoms. The number of aryl methyl sites for hydroxylation is 1. The number of thiazole rings is 1. The van der Waals surface area contributed by atoms with Crippen molar-refractivity contribution in [1.82, 2.24) is 4.98 Å². The molecule has 0 fully saturated rings. The Morgan fingerprint density at radius 1 is 1.27 bits per heavy atom. The first kappa shape index (κ1) is 20.2. The molecule has 5 nitrogen and oxygen atoms in total. The number of aromatic nitrogens is 1. The number of nitrogens with zero attached hydrogens (tertiary/aromatic N) is 2. The Morgan fingerprint density at radius 3 is 2.80 bits per heavy atom. The van der Waals surface area contributed by atoms with Crippen molar-refractivity contribution in [2.45, 2.75) is 39.7 Å². The van der Waals surface area contributed by atoms with Crippen LogP contribution in [0.5, 0.6) is 0 Å². The van der Waals surface area contributed by atoms with Crippen LogP contribution in [0, 0.1) is 12.7 Å². The maximum absolute atomic E-state index is 13.4. The lowest BCUT2D eigenvalue weighted by Gasteiger charge is -2.22. The van der Waals surface area contributed by atoms with E-state index in [1.807, 2.05) is 30.9 Å². The Balaban J connectivity index is 1.59. The first-order valence-electron chi connectivity index (χ1n) is 9.87. The minimum Gasteiger partial charge on any atom is -0.309 e. The number of nitrogens with one attached hydrogen (secondary N) is 1. The smallest absolute Gasteiger partial charge is 0.257 e. The van der Waals surface area contributed by atoms with Gasteiger partial charge in [0.1, 0.15) is 5.82 Å². The van der Waals surface area contributed by atoms with Crippen LogP contribution in [0.2, 0.25) is 0 Å². The maximum Gasteiger partial charge on any atom is 0.257 e. The lowest BCUT2D eigenvalue weighted by atomic mass is 10.0. The average Bonchev–Trinajstić information content (AvgIpc) is 3.25. The summed E-state index contributed by atoms with van der Waals surface area (Å²) >= 11 is 1.38. The van der Waals surface area contributed by atoms with Crippen LogP contribution in [0.4, 0.5) is 15.2 Å². The Labute approximate surface area is 178 Å². The Morgan fingerprint density at radius 2 is 2.07 bits per heavy atom. The van der Waals surface area contributed by atoms with Crippen LogP contribution in [0.25, 0.3) is 11.3 Å². The van der Waals surface area contributed by atoms with E-state index in [4.69, 9.17) is 0 Å². The van der Waals surface area contributed by atoms with E-state index in [2.05, 4.69) is 23.3 Å². The van der Waals surface area contributed by atoms with Crippen LogP contribution >= 0.6 is 11.3 Å². The predicted molar refractivity (Wildman–Crippen MR) is 118 cm³/mol. The molecule has 1 N–H and O–H groups in total. The summed E-state index contributed by atoms with van der Waals surface area (Å²) in [5.41, 5.74) is 4.08. The van der Waals surface area contributed by atoms with Gasteiger partial charge in [0.15, 0.2) is 5.13 Å². The molecule has 0 radical (unpaired) electrons. The topological polar surface area (TPSA) is 62.3 Å². The number of fused-ring (bicyclic) bond motifs is 1. The highest BCUT2D eigenvalue weighted by atomic mass is 32.1. The molecule has 1 aliphatic heterocycles. The number of halogens is 1. The molecule has 154 valence electrons. The zero-order chi connectivity index (χ0) is 21.4. The van der Waals surface area contributed by atoms with Crippen LogP contribution in [0.1, 0.15) is 41.1 Å². The van der Waals surface area contributed by atoms with Gasteiger partial charge in [0.05, 0.1) is 5.69 Å². The molecule has 1 aromatic heterocycles. The number of hydrogen-bond donors (Lipinski definition) is 1. The van der Waals surface area contributed by atoms with Crippen molar-refractivity contribution in [2.24, 2.45) is 0 Å². The number of hydrogen-bond acceptors (Lipinski definition) is 4. The number of carbonyl (C=O) groups excluding carboxylic acids is 2. The number of anilines is 2. The van der Waals surface area contributed by atoms with Crippen LogP contribution in [0.15, 0.2) is 42.5 Å². The van der Waals surface area contributed by atoms with Crippen molar-refractivity contribution in [3.05, 3.63) is 64.3 Å². The van der Waals surface area contributed by atoms with Gasteiger partial charge >= 0.3 is 0 Å². The molecule has 0 bridgehead atoms. The second kappa shape index (κ2) is 7.99. The largest absolute Gasteiger partial charge is 0.309 e. The molecule has 3 aromatic rings. The van der Waals surface area contributed by atoms with E-state index in [1.54, 1.807) is 6.07 Å². The molecular formula is C23H22FN3O2S. The summed E-state index contributed by atoms with van der Waals surface area (Å²) in [4.78, 5) is 32.1. The second-order valence-corrected chi connectivity index (χ2v) is 8.61. The Kier molecular flexibility index (Phi) is 5.39. The zero-order valence-corrected chi connectivity index (χ0v) is 17.8. The highest BCUT2D eigenvalue weighted by molar-refractivity contribution is 7.16. The normalized spacial score (nSPS) is 15.2. The molecule has 0 unspecified atom stereocenters. The van der Waals surface area contributed by atoms with Gasteiger partial charge in [-0.15, -0.1) is 11.3 Å². The molecule has 1 aliphatic rings. The average molecular weight is 424 g/mol. The first-order chi connectivity index (χ1) is 14.4. The van der Waals surface area contributed by atoms with Crippen molar-refractivity contribution in [1.29, 1.82) is 0 Å². The number of benzene rings is 2. The van der Waals surface area contributed by atoms with Crippen molar-refractivity contribution in [3.63, 3.8) is 0 Å². The van der Waals surface area contributed by atoms with E-state index >= 15 is 0 Å². The van der Waals surface area contributed by atoms with Gasteiger partial charge in [-0.2, -0.15) is 0 Å². The summed E-state index contributed by atoms with van der Waals surface area (Å²) in [6.07, 6.45) is 1.28. The van der Waals surface area contributed by atoms with E-state index in [0.29, 0.717) is 11.6 Å². The monoisotopic (exact) mass is 423 g/mol. The third-order valence-corrected chi connectivity index (χ3v) is 6.13. The molecular weight excluding hydrogens is 401 g/mol. The van der Waals surface area contributed by atoms with Crippen molar-refractivity contribution in [2.75, 3.05) is 10.2 Å². The highest BCUT2D eigenvalue weighted by Crippen LogP contribution is 2.38. The highest BCUT2D eigenvalue weighted by Gasteiger charge is 2.30. The van der Waals surface area contributed by atoms with Crippen LogP contribution in [-0.4, -0.2) is 22.8 Å². The van der Waals surface area contributed by atoms with Gasteiger partial charge in [-0.25, -0.2) is 9.37 Å². The fourth-order valence-electron chi connectivity index (χ4n) is 3.85. The minimum absolute atomic E-state index is 0.126. The van der Waals surface area contributed by atoms with Crippen molar-refractivity contribution < 1.29 is 14.0 Å². The van der Waals surface area contributed by atoms with Gasteiger partial charge in [0.2, 0.25) is 5.91 Å². The van der Waals surface area contributed by atoms with Gasteiger partial charge in [0, 0.05) is 34.2 Å². The number of amides is 2. The van der Waals surface area contributed by atoms with E-state index in [1.165, 1.54) is 29.5 Å². The minimum atomic E-state index is -0.457. The lowest BCUT2D eigenvalue weighted by molar-refractivity contribution is -0.118. The van der Waals surface area contributed by atoms with Gasteiger partial charge in [0.25, 0.3) is 5.91 Å². The maximum atomic E-state index is 13.4. The van der Waals surface area contributed by atoms with Gasteiger partial charge < -0.3 is 4.90 Å². The lowest BCUT2D eigenvalue weighted by Crippen LogP contribution is -2.35. The van der Waals surface area contributed by atoms with Gasteiger partial charge in [-0.3, -0.25) is 14.9 Å². The Bertz CT molecular complexity index is 1140. The van der Waals surface area contributed by atoms with E-state index in [9.17, 15) is 14.0 Å². The van der Waals surface area contributed by atoms with Crippen LogP contribution in [0.3, 0.4) is 0 Å². The Hall–Kier alpha value is -3.06. The third kappa shape index (κ3) is 3.73. The first-order valence-corrected chi connectivity index (χ1v) is 10.7. The predicted octanol–water partition coefficient (Wildman–Crippen LogP) is 5.20. The van der Waals surface area contributed by atoms with Gasteiger partial charge in [-0.1, -0.05) is 19.1 Å². The van der Waals surface area contributed by atoms with Gasteiger partial charge in [-0.05, 0) is 56.2 Å². The summed E-state index contributed by atoms with van der Waals surface area (Å²) in [5.74, 6) is -0.728. The molecule has 0 aliphatic carbocycles. The van der Waals surface area contributed by atoms with E-state index in [0.717, 1.165) is 33.8 Å².